The largest absolute Gasteiger partial charge is 0.862 e. The number of carboxylic acids is 2. The fraction of sp³-hybridized carbons (Fsp3) is 0.714. The molecule has 3 rings (SSSR count). The summed E-state index contributed by atoms with van der Waals surface area (Å²) in [5.74, 6) is -8.41. The fourth-order valence-corrected chi connectivity index (χ4v) is 9.40. The van der Waals surface area contributed by atoms with Crippen LogP contribution in [0.3, 0.4) is 0 Å². The number of aliphatic hydroxyl groups is 4. The summed E-state index contributed by atoms with van der Waals surface area (Å²) in [5, 5.41) is 74.0. The Hall–Kier alpha value is -3.27. The third-order valence-electron chi connectivity index (χ3n) is 8.69. The van der Waals surface area contributed by atoms with Crippen LogP contribution in [-0.4, -0.2) is 159 Å². The molecule has 15 atom stereocenters. The standard InChI is InChI=1S/C28H45N4O24P3/c1-11(24(41)30-13(3)57(45,46)10-14(26(42)43)4-5-18(36)37)52-23-19(29-12(2)34)27(54-15(8-33)21(23)39)55-59(49,50)56-58(47,48)51-9-16-20(38)22(40)25(53-16)32-7-6-17(35)31-28(32)44/h6-7,11,13-16,19-23,25,27,33,38-40H,4-5,8-10H2,1-3H3,(H,29,34)(H,30,41)(H,36,37)(H,42,43)(H,45,46)(H,47,48)(H,49,50)(H,31,35,44)/p-1/t11?,13?,14?,15-,16-,19-,20-,21-,22-,23-,25-,27-/m1/s1. The third-order valence-corrected chi connectivity index (χ3v) is 13.6. The number of aromatic nitrogens is 2. The van der Waals surface area contributed by atoms with Gasteiger partial charge in [-0.1, -0.05) is 0 Å². The van der Waals surface area contributed by atoms with Crippen molar-refractivity contribution in [2.24, 2.45) is 10.9 Å². The molecule has 2 saturated heterocycles. The monoisotopic (exact) mass is 913 g/mol. The van der Waals surface area contributed by atoms with E-state index in [4.69, 9.17) is 23.8 Å². The van der Waals surface area contributed by atoms with Crippen molar-refractivity contribution in [1.82, 2.24) is 14.9 Å². The van der Waals surface area contributed by atoms with Gasteiger partial charge in [0.2, 0.25) is 13.3 Å². The first-order valence-electron chi connectivity index (χ1n) is 17.1. The Morgan fingerprint density at radius 1 is 1.02 bits per heavy atom. The normalized spacial score (nSPS) is 30.9. The lowest BCUT2D eigenvalue weighted by Crippen LogP contribution is -2.61. The van der Waals surface area contributed by atoms with E-state index in [1.54, 1.807) is 0 Å². The summed E-state index contributed by atoms with van der Waals surface area (Å²) < 4.78 is 69.3. The number of aliphatic carboxylic acids is 2. The second-order valence-corrected chi connectivity index (χ2v) is 18.8. The molecule has 59 heavy (non-hydrogen) atoms. The lowest BCUT2D eigenvalue weighted by Gasteiger charge is -2.43. The molecule has 2 aliphatic rings. The van der Waals surface area contributed by atoms with E-state index in [0.29, 0.717) is 4.57 Å². The Balaban J connectivity index is 1.73. The van der Waals surface area contributed by atoms with Gasteiger partial charge in [0.1, 0.15) is 54.6 Å². The van der Waals surface area contributed by atoms with E-state index in [9.17, 15) is 83.0 Å². The molecule has 1 amide bonds. The third kappa shape index (κ3) is 13.9. The number of aliphatic hydroxyl groups excluding tert-OH is 4. The molecule has 1 aromatic rings. The van der Waals surface area contributed by atoms with E-state index in [-0.39, 0.29) is 0 Å². The van der Waals surface area contributed by atoms with E-state index in [1.165, 1.54) is 0 Å². The summed E-state index contributed by atoms with van der Waals surface area (Å²) in [6.07, 6.45) is -18.2. The Morgan fingerprint density at radius 3 is 2.22 bits per heavy atom. The zero-order valence-electron chi connectivity index (χ0n) is 31.0. The predicted molar refractivity (Wildman–Crippen MR) is 188 cm³/mol. The number of rotatable bonds is 21. The minimum absolute atomic E-state index is 0.502. The molecule has 11 N–H and O–H groups in total. The number of carbonyl (C=O) groups excluding carboxylic acids is 1. The number of H-pyrrole nitrogens is 1. The molecule has 336 valence electrons. The number of hydrogen-bond donors (Lipinski definition) is 11. The molecule has 0 radical (unpaired) electrons. The highest BCUT2D eigenvalue weighted by molar-refractivity contribution is 7.61. The smallest absolute Gasteiger partial charge is 0.483 e. The Bertz CT molecular complexity index is 1960. The molecule has 1 aromatic heterocycles. The summed E-state index contributed by atoms with van der Waals surface area (Å²) in [6.45, 7) is 0.680. The lowest BCUT2D eigenvalue weighted by molar-refractivity contribution is -0.259. The minimum Gasteiger partial charge on any atom is -0.862 e. The molecule has 3 heterocycles. The average molecular weight is 914 g/mol. The molecule has 0 spiro atoms. The Labute approximate surface area is 331 Å². The number of hydrogen-bond acceptors (Lipinski definition) is 20. The van der Waals surface area contributed by atoms with Crippen molar-refractivity contribution in [3.63, 3.8) is 0 Å². The van der Waals surface area contributed by atoms with E-state index in [2.05, 4.69) is 19.1 Å². The van der Waals surface area contributed by atoms with Crippen molar-refractivity contribution < 1.29 is 106 Å². The van der Waals surface area contributed by atoms with Gasteiger partial charge in [-0.15, -0.1) is 0 Å². The molecule has 31 heteroatoms. The molecule has 0 bridgehead atoms. The maximum atomic E-state index is 13.1. The number of amides is 1. The van der Waals surface area contributed by atoms with Crippen molar-refractivity contribution in [3.05, 3.63) is 33.1 Å². The van der Waals surface area contributed by atoms with Gasteiger partial charge in [0, 0.05) is 24.8 Å². The molecule has 0 aromatic carbocycles. The summed E-state index contributed by atoms with van der Waals surface area (Å²) in [7, 11) is -16.2. The first kappa shape index (κ1) is 50.1. The Morgan fingerprint density at radius 2 is 1.66 bits per heavy atom. The summed E-state index contributed by atoms with van der Waals surface area (Å²) in [6, 6.07) is -1.15. The number of carboxylic acid groups (broad SMARTS) is 2. The zero-order chi connectivity index (χ0) is 44.8. The number of nitrogens with one attached hydrogen (secondary N) is 2. The SMILES string of the molecule is CC([O-])=N[C@H]1[C@@H](OP(=O)(O)OP(=O)(O)OC[C@H]2O[C@@H](n3ccc(=O)[nH]c3=O)[C@H](O)[C@@H]2O)O[C@H](CO)[C@@H](O)[C@@H]1OC(C)C(=O)NC(C)P(=O)(O)CC(CCC(=O)O)C(=O)O. The van der Waals surface area contributed by atoms with Crippen molar-refractivity contribution >= 4 is 46.8 Å². The summed E-state index contributed by atoms with van der Waals surface area (Å²) >= 11 is 0. The number of aliphatic imine (C=N–C) groups is 1. The first-order chi connectivity index (χ1) is 27.2. The van der Waals surface area contributed by atoms with Crippen molar-refractivity contribution in [1.29, 1.82) is 0 Å². The number of nitrogens with zero attached hydrogens (tertiary/aromatic N) is 2. The molecular weight excluding hydrogens is 869 g/mol. The molecule has 2 fully saturated rings. The Kier molecular flexibility index (Phi) is 17.4. The van der Waals surface area contributed by atoms with Crippen LogP contribution in [0.1, 0.15) is 39.8 Å². The average Bonchev–Trinajstić information content (AvgIpc) is 3.39. The van der Waals surface area contributed by atoms with Gasteiger partial charge in [0.15, 0.2) is 12.5 Å². The van der Waals surface area contributed by atoms with Gasteiger partial charge in [0.25, 0.3) is 5.56 Å². The van der Waals surface area contributed by atoms with Gasteiger partial charge >= 0.3 is 33.3 Å². The molecule has 0 aliphatic carbocycles. The number of aromatic amines is 1. The van der Waals surface area contributed by atoms with Gasteiger partial charge in [0.05, 0.1) is 19.1 Å². The van der Waals surface area contributed by atoms with Crippen LogP contribution in [0.2, 0.25) is 0 Å². The van der Waals surface area contributed by atoms with E-state index in [0.717, 1.165) is 33.0 Å². The van der Waals surface area contributed by atoms with Gasteiger partial charge in [-0.2, -0.15) is 4.31 Å². The number of carbonyl (C=O) groups is 3. The molecule has 28 nitrogen and oxygen atoms in total. The highest BCUT2D eigenvalue weighted by Gasteiger charge is 2.52. The van der Waals surface area contributed by atoms with Crippen molar-refractivity contribution in [3.8, 4) is 0 Å². The van der Waals surface area contributed by atoms with Crippen LogP contribution in [0.25, 0.3) is 0 Å². The summed E-state index contributed by atoms with van der Waals surface area (Å²) in [4.78, 5) is 95.7. The maximum Gasteiger partial charge on any atom is 0.483 e. The highest BCUT2D eigenvalue weighted by Crippen LogP contribution is 2.61. The van der Waals surface area contributed by atoms with Crippen LogP contribution in [0.15, 0.2) is 26.8 Å². The fourth-order valence-electron chi connectivity index (χ4n) is 5.63. The van der Waals surface area contributed by atoms with Crippen LogP contribution in [0.5, 0.6) is 0 Å². The van der Waals surface area contributed by atoms with Gasteiger partial charge < -0.3 is 70.0 Å². The predicted octanol–water partition coefficient (Wildman–Crippen LogP) is -4.30. The van der Waals surface area contributed by atoms with Gasteiger partial charge in [-0.25, -0.2) is 13.9 Å². The second-order valence-electron chi connectivity index (χ2n) is 13.2. The van der Waals surface area contributed by atoms with Crippen molar-refractivity contribution in [2.45, 2.75) is 101 Å². The van der Waals surface area contributed by atoms with E-state index in [1.807, 2.05) is 4.98 Å². The second kappa shape index (κ2) is 20.5. The first-order valence-corrected chi connectivity index (χ1v) is 22.0. The molecular formula is C28H44N4O24P3-. The van der Waals surface area contributed by atoms with Crippen LogP contribution in [-0.2, 0) is 55.6 Å². The lowest BCUT2D eigenvalue weighted by atomic mass is 9.97. The van der Waals surface area contributed by atoms with Crippen LogP contribution < -0.4 is 21.7 Å². The highest BCUT2D eigenvalue weighted by atomic mass is 31.3. The summed E-state index contributed by atoms with van der Waals surface area (Å²) in [5.41, 5.74) is -1.86. The van der Waals surface area contributed by atoms with Gasteiger partial charge in [-0.05, 0) is 33.1 Å². The topological polar surface area (TPSA) is 442 Å². The van der Waals surface area contributed by atoms with Crippen LogP contribution in [0.4, 0.5) is 0 Å². The van der Waals surface area contributed by atoms with Crippen LogP contribution in [0, 0.1) is 5.92 Å². The van der Waals surface area contributed by atoms with Gasteiger partial charge in [-0.3, -0.25) is 47.3 Å². The maximum absolute atomic E-state index is 13.1. The zero-order valence-corrected chi connectivity index (χ0v) is 33.7. The molecule has 2 aliphatic heterocycles. The van der Waals surface area contributed by atoms with Crippen molar-refractivity contribution in [2.75, 3.05) is 19.4 Å². The van der Waals surface area contributed by atoms with E-state index < -0.39 is 163 Å². The quantitative estimate of drug-likeness (QED) is 0.0316. The number of phosphoric acid groups is 2. The van der Waals surface area contributed by atoms with E-state index >= 15 is 0 Å². The molecule has 0 saturated carbocycles. The van der Waals surface area contributed by atoms with Crippen LogP contribution >= 0.6 is 23.0 Å². The number of phosphoric ester groups is 2. The molecule has 6 unspecified atom stereocenters. The minimum atomic E-state index is -5.92. The number of ether oxygens (including phenoxy) is 3.